The Kier molecular flexibility index (Phi) is 11.8. The van der Waals surface area contributed by atoms with E-state index in [0.717, 1.165) is 12.1 Å². The second kappa shape index (κ2) is 14.4. The third-order valence-corrected chi connectivity index (χ3v) is 6.48. The number of carbonyl (C=O) groups excluding carboxylic acids is 1. The van der Waals surface area contributed by atoms with Crippen LogP contribution in [0.15, 0.2) is 29.2 Å². The Labute approximate surface area is 183 Å². The predicted molar refractivity (Wildman–Crippen MR) is 119 cm³/mol. The monoisotopic (exact) mass is 437 g/mol. The van der Waals surface area contributed by atoms with Crippen molar-refractivity contribution < 1.29 is 19.2 Å². The van der Waals surface area contributed by atoms with Gasteiger partial charge in [0.2, 0.25) is 0 Å². The van der Waals surface area contributed by atoms with E-state index in [4.69, 9.17) is 9.92 Å². The van der Waals surface area contributed by atoms with Gasteiger partial charge in [-0.05, 0) is 57.4 Å². The maximum Gasteiger partial charge on any atom is 0.318 e. The molecule has 3 rings (SSSR count). The number of rotatable bonds is 8. The topological polar surface area (TPSA) is 110 Å². The SMILES string of the molecule is C1CCC([NH2+]C2CCCCC2)CC1.[NH-]CCCC(=O)OSc1ccccc1[N+](=O)[O-]. The Morgan fingerprint density at radius 2 is 1.63 bits per heavy atom. The minimum Gasteiger partial charge on any atom is -0.677 e. The van der Waals surface area contributed by atoms with Crippen molar-refractivity contribution in [3.8, 4) is 0 Å². The lowest BCUT2D eigenvalue weighted by molar-refractivity contribution is -0.725. The highest BCUT2D eigenvalue weighted by atomic mass is 32.2. The molecule has 7 nitrogen and oxygen atoms in total. The third-order valence-electron chi connectivity index (χ3n) is 5.69. The number of carbonyl (C=O) groups is 1. The van der Waals surface area contributed by atoms with Crippen molar-refractivity contribution in [2.75, 3.05) is 6.54 Å². The zero-order valence-electron chi connectivity index (χ0n) is 17.7. The number of nitro groups is 1. The predicted octanol–water partition coefficient (Wildman–Crippen LogP) is 5.19. The molecule has 30 heavy (non-hydrogen) atoms. The van der Waals surface area contributed by atoms with E-state index in [0.29, 0.717) is 18.5 Å². The summed E-state index contributed by atoms with van der Waals surface area (Å²) in [5.41, 5.74) is 6.79. The molecule has 1 aromatic carbocycles. The fourth-order valence-corrected chi connectivity index (χ4v) is 4.71. The second-order valence-electron chi connectivity index (χ2n) is 8.11. The molecule has 2 aliphatic carbocycles. The first kappa shape index (κ1) is 24.6. The maximum atomic E-state index is 11.2. The van der Waals surface area contributed by atoms with E-state index in [2.05, 4.69) is 5.32 Å². The van der Waals surface area contributed by atoms with Crippen LogP contribution in [-0.4, -0.2) is 29.5 Å². The molecule has 168 valence electrons. The Bertz CT molecular complexity index is 631. The minimum atomic E-state index is -0.528. The average Bonchev–Trinajstić information content (AvgIpc) is 2.78. The van der Waals surface area contributed by atoms with Crippen molar-refractivity contribution in [3.63, 3.8) is 0 Å². The van der Waals surface area contributed by atoms with Gasteiger partial charge >= 0.3 is 5.97 Å². The van der Waals surface area contributed by atoms with Crippen LogP contribution in [0.5, 0.6) is 0 Å². The number of nitro benzene ring substituents is 1. The van der Waals surface area contributed by atoms with Gasteiger partial charge in [-0.1, -0.05) is 31.4 Å². The van der Waals surface area contributed by atoms with Gasteiger partial charge in [-0.25, -0.2) is 0 Å². The number of para-hydroxylation sites is 1. The van der Waals surface area contributed by atoms with Crippen molar-refractivity contribution in [3.05, 3.63) is 40.1 Å². The number of quaternary nitrogens is 1. The highest BCUT2D eigenvalue weighted by Crippen LogP contribution is 2.29. The largest absolute Gasteiger partial charge is 0.677 e. The van der Waals surface area contributed by atoms with Crippen LogP contribution in [0.1, 0.15) is 77.0 Å². The summed E-state index contributed by atoms with van der Waals surface area (Å²) < 4.78 is 4.81. The Hall–Kier alpha value is -1.64. The lowest BCUT2D eigenvalue weighted by Gasteiger charge is -2.27. The molecule has 2 aliphatic rings. The molecule has 0 unspecified atom stereocenters. The molecule has 0 bridgehead atoms. The Morgan fingerprint density at radius 1 is 1.07 bits per heavy atom. The Morgan fingerprint density at radius 3 is 2.17 bits per heavy atom. The molecule has 0 spiro atoms. The van der Waals surface area contributed by atoms with Gasteiger partial charge in [-0.2, -0.15) is 6.54 Å². The molecule has 0 radical (unpaired) electrons. The highest BCUT2D eigenvalue weighted by Gasteiger charge is 2.22. The summed E-state index contributed by atoms with van der Waals surface area (Å²) in [5, 5.41) is 13.4. The van der Waals surface area contributed by atoms with E-state index in [9.17, 15) is 14.9 Å². The van der Waals surface area contributed by atoms with Crippen molar-refractivity contribution >= 4 is 23.7 Å². The first-order valence-electron chi connectivity index (χ1n) is 11.2. The molecular weight excluding hydrogens is 402 g/mol. The molecule has 0 aliphatic heterocycles. The molecule has 0 heterocycles. The summed E-state index contributed by atoms with van der Waals surface area (Å²) >= 11 is 0.681. The van der Waals surface area contributed by atoms with Crippen molar-refractivity contribution in [1.29, 1.82) is 0 Å². The number of nitrogens with one attached hydrogen (secondary N) is 1. The van der Waals surface area contributed by atoms with Crippen LogP contribution in [-0.2, 0) is 8.98 Å². The molecule has 0 atom stereocenters. The van der Waals surface area contributed by atoms with Gasteiger partial charge < -0.3 is 15.2 Å². The summed E-state index contributed by atoms with van der Waals surface area (Å²) in [6, 6.07) is 8.03. The van der Waals surface area contributed by atoms with Gasteiger partial charge in [-0.15, -0.1) is 0 Å². The number of nitrogens with zero attached hydrogens (tertiary/aromatic N) is 1. The number of hydrogen-bond donors (Lipinski definition) is 1. The summed E-state index contributed by atoms with van der Waals surface area (Å²) in [4.78, 5) is 21.6. The van der Waals surface area contributed by atoms with Crippen LogP contribution >= 0.6 is 12.0 Å². The molecule has 0 aromatic heterocycles. The molecule has 1 aromatic rings. The Balaban J connectivity index is 0.000000220. The van der Waals surface area contributed by atoms with E-state index in [1.165, 1.54) is 76.3 Å². The average molecular weight is 438 g/mol. The fourth-order valence-electron chi connectivity index (χ4n) is 4.08. The number of benzene rings is 1. The lowest BCUT2D eigenvalue weighted by Crippen LogP contribution is -2.95. The van der Waals surface area contributed by atoms with E-state index >= 15 is 0 Å². The van der Waals surface area contributed by atoms with Crippen molar-refractivity contribution in [2.24, 2.45) is 0 Å². The smallest absolute Gasteiger partial charge is 0.318 e. The van der Waals surface area contributed by atoms with Gasteiger partial charge in [0.25, 0.3) is 5.69 Å². The van der Waals surface area contributed by atoms with Crippen LogP contribution in [0.3, 0.4) is 0 Å². The molecule has 2 saturated carbocycles. The molecular formula is C22H35N3O4S. The van der Waals surface area contributed by atoms with Gasteiger partial charge in [0.1, 0.15) is 16.9 Å². The zero-order valence-corrected chi connectivity index (χ0v) is 18.5. The van der Waals surface area contributed by atoms with Gasteiger partial charge in [-0.3, -0.25) is 14.9 Å². The zero-order chi connectivity index (χ0) is 21.6. The van der Waals surface area contributed by atoms with Gasteiger partial charge in [0.15, 0.2) is 0 Å². The molecule has 0 amide bonds. The number of nitrogens with two attached hydrogens (primary N) is 1. The number of hydrogen-bond acceptors (Lipinski definition) is 5. The van der Waals surface area contributed by atoms with Crippen LogP contribution in [0.25, 0.3) is 5.73 Å². The van der Waals surface area contributed by atoms with Crippen molar-refractivity contribution in [2.45, 2.75) is 94.0 Å². The van der Waals surface area contributed by atoms with Gasteiger partial charge in [0, 0.05) is 12.5 Å². The fraction of sp³-hybridized carbons (Fsp3) is 0.682. The first-order valence-corrected chi connectivity index (χ1v) is 11.9. The van der Waals surface area contributed by atoms with Crippen LogP contribution < -0.4 is 5.32 Å². The summed E-state index contributed by atoms with van der Waals surface area (Å²) in [7, 11) is 0. The molecule has 3 N–H and O–H groups in total. The van der Waals surface area contributed by atoms with E-state index < -0.39 is 10.9 Å². The van der Waals surface area contributed by atoms with Crippen LogP contribution in [0, 0.1) is 10.1 Å². The van der Waals surface area contributed by atoms with E-state index in [1.54, 1.807) is 12.1 Å². The highest BCUT2D eigenvalue weighted by molar-refractivity contribution is 7.95. The maximum absolute atomic E-state index is 11.2. The molecule has 0 saturated heterocycles. The van der Waals surface area contributed by atoms with Crippen LogP contribution in [0.2, 0.25) is 0 Å². The van der Waals surface area contributed by atoms with E-state index in [1.807, 2.05) is 0 Å². The first-order chi connectivity index (χ1) is 14.6. The minimum absolute atomic E-state index is 0.0919. The summed E-state index contributed by atoms with van der Waals surface area (Å²) in [6.07, 6.45) is 15.5. The van der Waals surface area contributed by atoms with E-state index in [-0.39, 0.29) is 23.5 Å². The van der Waals surface area contributed by atoms with Crippen LogP contribution in [0.4, 0.5) is 5.69 Å². The standard InChI is InChI=1S/C12H23N.C10H11N2O4S/c1-3-7-11(8-4-1)13-12-9-5-2-6-10-12;11-7-3-6-10(13)16-17-9-5-2-1-4-8(9)12(14)15/h11-13H,1-10H2;1-2,4-5,11H,3,6-7H2/q;-1/p+1. The van der Waals surface area contributed by atoms with Crippen molar-refractivity contribution in [1.82, 2.24) is 0 Å². The lowest BCUT2D eigenvalue weighted by atomic mass is 9.91. The summed E-state index contributed by atoms with van der Waals surface area (Å²) in [6.45, 7) is 0.158. The second-order valence-corrected chi connectivity index (χ2v) is 8.88. The van der Waals surface area contributed by atoms with Gasteiger partial charge in [0.05, 0.1) is 17.0 Å². The third kappa shape index (κ3) is 9.45. The summed E-state index contributed by atoms with van der Waals surface area (Å²) in [5.74, 6) is -0.472. The quantitative estimate of drug-likeness (QED) is 0.342. The normalized spacial score (nSPS) is 17.6. The molecule has 8 heteroatoms. The molecule has 2 fully saturated rings.